The van der Waals surface area contributed by atoms with E-state index in [-0.39, 0.29) is 5.56 Å². The summed E-state index contributed by atoms with van der Waals surface area (Å²) in [5.74, 6) is -0.721. The van der Waals surface area contributed by atoms with Gasteiger partial charge in [-0.3, -0.25) is 4.21 Å². The van der Waals surface area contributed by atoms with Crippen LogP contribution in [0.3, 0.4) is 0 Å². The molecule has 4 heteroatoms. The fourth-order valence-corrected chi connectivity index (χ4v) is 3.48. The molecule has 0 radical (unpaired) electrons. The maximum absolute atomic E-state index is 12.4. The zero-order chi connectivity index (χ0) is 14.7. The molecule has 0 aliphatic heterocycles. The minimum atomic E-state index is -1.36. The van der Waals surface area contributed by atoms with Gasteiger partial charge in [-0.1, -0.05) is 41.5 Å². The molecule has 2 aromatic rings. The molecular formula is C16H16O3S. The van der Waals surface area contributed by atoms with Crippen LogP contribution >= 0.6 is 0 Å². The SMILES string of the molecule is Cc1cc(C)cc(CS(=O)c2ccccc2C(=O)O)c1. The first-order valence-electron chi connectivity index (χ1n) is 6.25. The Kier molecular flexibility index (Phi) is 4.35. The van der Waals surface area contributed by atoms with Crippen LogP contribution in [0.2, 0.25) is 0 Å². The normalized spacial score (nSPS) is 12.1. The van der Waals surface area contributed by atoms with Crippen LogP contribution in [0.15, 0.2) is 47.4 Å². The van der Waals surface area contributed by atoms with Gasteiger partial charge in [0.15, 0.2) is 0 Å². The lowest BCUT2D eigenvalue weighted by Crippen LogP contribution is -2.06. The summed E-state index contributed by atoms with van der Waals surface area (Å²) in [5.41, 5.74) is 3.29. The standard InChI is InChI=1S/C16H16O3S/c1-11-7-12(2)9-13(8-11)10-20(19)15-6-4-3-5-14(15)16(17)18/h3-9H,10H2,1-2H3,(H,17,18). The molecule has 1 unspecified atom stereocenters. The van der Waals surface area contributed by atoms with Crippen molar-refractivity contribution in [1.29, 1.82) is 0 Å². The fraction of sp³-hybridized carbons (Fsp3) is 0.188. The highest BCUT2D eigenvalue weighted by molar-refractivity contribution is 7.84. The average Bonchev–Trinajstić information content (AvgIpc) is 2.37. The van der Waals surface area contributed by atoms with Gasteiger partial charge in [0.2, 0.25) is 0 Å². The average molecular weight is 288 g/mol. The summed E-state index contributed by atoms with van der Waals surface area (Å²) in [7, 11) is -1.36. The molecule has 2 rings (SSSR count). The lowest BCUT2D eigenvalue weighted by Gasteiger charge is -2.08. The summed E-state index contributed by atoms with van der Waals surface area (Å²) in [6, 6.07) is 12.5. The Bertz CT molecular complexity index is 657. The third kappa shape index (κ3) is 3.33. The van der Waals surface area contributed by atoms with Crippen LogP contribution in [0.1, 0.15) is 27.0 Å². The fourth-order valence-electron chi connectivity index (χ4n) is 2.22. The van der Waals surface area contributed by atoms with Crippen molar-refractivity contribution in [3.8, 4) is 0 Å². The highest BCUT2D eigenvalue weighted by atomic mass is 32.2. The number of carboxylic acid groups (broad SMARTS) is 1. The van der Waals surface area contributed by atoms with Crippen molar-refractivity contribution in [3.63, 3.8) is 0 Å². The second-order valence-corrected chi connectivity index (χ2v) is 6.21. The molecule has 0 bridgehead atoms. The zero-order valence-corrected chi connectivity index (χ0v) is 12.2. The van der Waals surface area contributed by atoms with Gasteiger partial charge in [0.1, 0.15) is 0 Å². The highest BCUT2D eigenvalue weighted by Gasteiger charge is 2.15. The number of hydrogen-bond acceptors (Lipinski definition) is 2. The van der Waals surface area contributed by atoms with Gasteiger partial charge in [0.25, 0.3) is 0 Å². The highest BCUT2D eigenvalue weighted by Crippen LogP contribution is 2.18. The molecule has 2 aromatic carbocycles. The maximum Gasteiger partial charge on any atom is 0.336 e. The summed E-state index contributed by atoms with van der Waals surface area (Å²) >= 11 is 0. The predicted molar refractivity (Wildman–Crippen MR) is 79.4 cm³/mol. The molecule has 0 aliphatic rings. The second-order valence-electron chi connectivity index (χ2n) is 4.79. The summed E-state index contributed by atoms with van der Waals surface area (Å²) in [6.45, 7) is 3.98. The van der Waals surface area contributed by atoms with Crippen LogP contribution in [-0.4, -0.2) is 15.3 Å². The van der Waals surface area contributed by atoms with Gasteiger partial charge in [0, 0.05) is 0 Å². The van der Waals surface area contributed by atoms with E-state index in [9.17, 15) is 9.00 Å². The molecule has 1 atom stereocenters. The first kappa shape index (κ1) is 14.5. The molecule has 0 spiro atoms. The Labute approximate surface area is 120 Å². The second kappa shape index (κ2) is 6.01. The zero-order valence-electron chi connectivity index (χ0n) is 11.4. The Morgan fingerprint density at radius 3 is 2.30 bits per heavy atom. The largest absolute Gasteiger partial charge is 0.478 e. The molecule has 0 fully saturated rings. The number of aromatic carboxylic acids is 1. The monoisotopic (exact) mass is 288 g/mol. The molecule has 104 valence electrons. The smallest absolute Gasteiger partial charge is 0.336 e. The molecule has 0 saturated heterocycles. The Morgan fingerprint density at radius 2 is 1.70 bits per heavy atom. The number of carboxylic acids is 1. The third-order valence-corrected chi connectivity index (χ3v) is 4.38. The van der Waals surface area contributed by atoms with Crippen molar-refractivity contribution in [1.82, 2.24) is 0 Å². The van der Waals surface area contributed by atoms with Crippen molar-refractivity contribution in [2.75, 3.05) is 0 Å². The Hall–Kier alpha value is -1.94. The van der Waals surface area contributed by atoms with Gasteiger partial charge >= 0.3 is 5.97 Å². The molecule has 1 N–H and O–H groups in total. The number of aryl methyl sites for hydroxylation is 2. The quantitative estimate of drug-likeness (QED) is 0.939. The van der Waals surface area contributed by atoms with E-state index in [4.69, 9.17) is 5.11 Å². The van der Waals surface area contributed by atoms with Gasteiger partial charge in [-0.25, -0.2) is 4.79 Å². The Balaban J connectivity index is 2.31. The van der Waals surface area contributed by atoms with E-state index in [0.29, 0.717) is 10.6 Å². The van der Waals surface area contributed by atoms with Crippen LogP contribution in [-0.2, 0) is 16.6 Å². The van der Waals surface area contributed by atoms with E-state index in [1.807, 2.05) is 26.0 Å². The van der Waals surface area contributed by atoms with E-state index in [1.54, 1.807) is 18.2 Å². The summed E-state index contributed by atoms with van der Waals surface area (Å²) in [6.07, 6.45) is 0. The minimum Gasteiger partial charge on any atom is -0.478 e. The van der Waals surface area contributed by atoms with Gasteiger partial charge in [-0.05, 0) is 31.5 Å². The molecule has 0 aliphatic carbocycles. The summed E-state index contributed by atoms with van der Waals surface area (Å²) in [5, 5.41) is 9.13. The van der Waals surface area contributed by atoms with Gasteiger partial charge in [-0.2, -0.15) is 0 Å². The third-order valence-electron chi connectivity index (χ3n) is 2.94. The number of benzene rings is 2. The molecule has 0 heterocycles. The molecule has 0 amide bonds. The van der Waals surface area contributed by atoms with Crippen molar-refractivity contribution < 1.29 is 14.1 Å². The minimum absolute atomic E-state index is 0.107. The lowest BCUT2D eigenvalue weighted by atomic mass is 10.1. The van der Waals surface area contributed by atoms with E-state index in [1.165, 1.54) is 6.07 Å². The van der Waals surface area contributed by atoms with Crippen LogP contribution in [0, 0.1) is 13.8 Å². The van der Waals surface area contributed by atoms with Gasteiger partial charge < -0.3 is 5.11 Å². The van der Waals surface area contributed by atoms with E-state index < -0.39 is 16.8 Å². The summed E-state index contributed by atoms with van der Waals surface area (Å²) < 4.78 is 12.4. The first-order chi connectivity index (χ1) is 9.47. The number of hydrogen-bond donors (Lipinski definition) is 1. The lowest BCUT2D eigenvalue weighted by molar-refractivity contribution is 0.0693. The topological polar surface area (TPSA) is 54.4 Å². The van der Waals surface area contributed by atoms with Crippen LogP contribution in [0.5, 0.6) is 0 Å². The Morgan fingerprint density at radius 1 is 1.10 bits per heavy atom. The molecule has 3 nitrogen and oxygen atoms in total. The number of carbonyl (C=O) groups is 1. The summed E-state index contributed by atoms with van der Waals surface area (Å²) in [4.78, 5) is 11.5. The van der Waals surface area contributed by atoms with Crippen molar-refractivity contribution in [2.24, 2.45) is 0 Å². The molecule has 0 saturated carbocycles. The predicted octanol–water partition coefficient (Wildman–Crippen LogP) is 3.31. The van der Waals surface area contributed by atoms with Gasteiger partial charge in [0.05, 0.1) is 27.0 Å². The first-order valence-corrected chi connectivity index (χ1v) is 7.57. The molecular weight excluding hydrogens is 272 g/mol. The molecule has 20 heavy (non-hydrogen) atoms. The van der Waals surface area contributed by atoms with Gasteiger partial charge in [-0.15, -0.1) is 0 Å². The van der Waals surface area contributed by atoms with Crippen molar-refractivity contribution >= 4 is 16.8 Å². The molecule has 0 aromatic heterocycles. The van der Waals surface area contributed by atoms with Crippen LogP contribution in [0.25, 0.3) is 0 Å². The van der Waals surface area contributed by atoms with Crippen molar-refractivity contribution in [2.45, 2.75) is 24.5 Å². The van der Waals surface area contributed by atoms with Crippen molar-refractivity contribution in [3.05, 3.63) is 64.7 Å². The maximum atomic E-state index is 12.4. The van der Waals surface area contributed by atoms with E-state index in [2.05, 4.69) is 6.07 Å². The van der Waals surface area contributed by atoms with E-state index >= 15 is 0 Å². The van der Waals surface area contributed by atoms with Crippen LogP contribution < -0.4 is 0 Å². The number of rotatable bonds is 4. The van der Waals surface area contributed by atoms with E-state index in [0.717, 1.165) is 16.7 Å². The van der Waals surface area contributed by atoms with Crippen LogP contribution in [0.4, 0.5) is 0 Å².